The molecule has 3 rings (SSSR count). The normalized spacial score (nSPS) is 25.0. The van der Waals surface area contributed by atoms with E-state index >= 15 is 0 Å². The average molecular weight is 232 g/mol. The lowest BCUT2D eigenvalue weighted by Gasteiger charge is -2.29. The number of piperidine rings is 1. The summed E-state index contributed by atoms with van der Waals surface area (Å²) in [4.78, 5) is 4.30. The van der Waals surface area contributed by atoms with Gasteiger partial charge in [0.2, 0.25) is 5.88 Å². The van der Waals surface area contributed by atoms with Gasteiger partial charge in [-0.2, -0.15) is 0 Å². The second-order valence-electron chi connectivity index (χ2n) is 4.57. The average Bonchev–Trinajstić information content (AvgIpc) is 2.81. The van der Waals surface area contributed by atoms with Gasteiger partial charge in [-0.25, -0.2) is 4.98 Å². The molecule has 0 aliphatic carbocycles. The lowest BCUT2D eigenvalue weighted by Crippen LogP contribution is -2.43. The Morgan fingerprint density at radius 2 is 2.41 bits per heavy atom. The zero-order valence-electron chi connectivity index (χ0n) is 9.85. The summed E-state index contributed by atoms with van der Waals surface area (Å²) < 4.78 is 11.3. The minimum atomic E-state index is 0.191. The maximum absolute atomic E-state index is 6.01. The van der Waals surface area contributed by atoms with E-state index in [0.717, 1.165) is 30.5 Å². The van der Waals surface area contributed by atoms with Crippen LogP contribution in [-0.4, -0.2) is 24.2 Å². The summed E-state index contributed by atoms with van der Waals surface area (Å²) in [5.41, 5.74) is 0.825. The molecule has 4 heteroatoms. The van der Waals surface area contributed by atoms with Gasteiger partial charge in [-0.3, -0.25) is 0 Å². The molecule has 1 aliphatic rings. The minimum absolute atomic E-state index is 0.191. The van der Waals surface area contributed by atoms with E-state index in [-0.39, 0.29) is 6.10 Å². The van der Waals surface area contributed by atoms with Crippen molar-refractivity contribution in [3.63, 3.8) is 0 Å². The standard InChI is InChI=1S/C13H16N2O2/c1-9-2-5-14-8-12(9)17-13-10-4-7-16-11(10)3-6-15-13/h3-4,6-7,9,12,14H,2,5,8H2,1H3. The highest BCUT2D eigenvalue weighted by Gasteiger charge is 2.23. The molecule has 4 nitrogen and oxygen atoms in total. The van der Waals surface area contributed by atoms with Crippen molar-refractivity contribution in [2.75, 3.05) is 13.1 Å². The van der Waals surface area contributed by atoms with Crippen LogP contribution in [0, 0.1) is 5.92 Å². The quantitative estimate of drug-likeness (QED) is 0.862. The Morgan fingerprint density at radius 1 is 1.47 bits per heavy atom. The molecule has 0 amide bonds. The van der Waals surface area contributed by atoms with Crippen molar-refractivity contribution >= 4 is 11.0 Å². The molecule has 0 radical (unpaired) electrons. The highest BCUT2D eigenvalue weighted by Crippen LogP contribution is 2.26. The number of ether oxygens (including phenoxy) is 1. The predicted molar refractivity (Wildman–Crippen MR) is 65.1 cm³/mol. The molecule has 2 aromatic rings. The van der Waals surface area contributed by atoms with Crippen LogP contribution >= 0.6 is 0 Å². The van der Waals surface area contributed by atoms with E-state index in [1.165, 1.54) is 0 Å². The van der Waals surface area contributed by atoms with Crippen LogP contribution in [-0.2, 0) is 0 Å². The molecule has 90 valence electrons. The van der Waals surface area contributed by atoms with Gasteiger partial charge in [0.15, 0.2) is 0 Å². The number of nitrogens with zero attached hydrogens (tertiary/aromatic N) is 1. The molecule has 1 saturated heterocycles. The largest absolute Gasteiger partial charge is 0.472 e. The Bertz CT molecular complexity index is 509. The van der Waals surface area contributed by atoms with Crippen LogP contribution in [0.4, 0.5) is 0 Å². The molecule has 2 unspecified atom stereocenters. The van der Waals surface area contributed by atoms with Gasteiger partial charge in [0.25, 0.3) is 0 Å². The third-order valence-corrected chi connectivity index (χ3v) is 3.36. The first-order chi connectivity index (χ1) is 8.34. The molecule has 0 spiro atoms. The number of furan rings is 1. The smallest absolute Gasteiger partial charge is 0.224 e. The number of aromatic nitrogens is 1. The molecule has 3 heterocycles. The maximum atomic E-state index is 6.01. The van der Waals surface area contributed by atoms with Crippen LogP contribution in [0.2, 0.25) is 0 Å². The Hall–Kier alpha value is -1.55. The van der Waals surface area contributed by atoms with E-state index < -0.39 is 0 Å². The molecular weight excluding hydrogens is 216 g/mol. The Labute approximate surface area is 100.0 Å². The summed E-state index contributed by atoms with van der Waals surface area (Å²) in [5.74, 6) is 1.23. The minimum Gasteiger partial charge on any atom is -0.472 e. The fourth-order valence-electron chi connectivity index (χ4n) is 2.23. The molecule has 1 N–H and O–H groups in total. The van der Waals surface area contributed by atoms with Crippen molar-refractivity contribution in [3.05, 3.63) is 24.6 Å². The molecule has 1 aliphatic heterocycles. The van der Waals surface area contributed by atoms with Crippen molar-refractivity contribution in [1.82, 2.24) is 10.3 Å². The monoisotopic (exact) mass is 232 g/mol. The Kier molecular flexibility index (Phi) is 2.73. The molecule has 0 aromatic carbocycles. The van der Waals surface area contributed by atoms with Gasteiger partial charge in [-0.05, 0) is 31.0 Å². The predicted octanol–water partition coefficient (Wildman–Crippen LogP) is 2.20. The van der Waals surface area contributed by atoms with Crippen molar-refractivity contribution in [2.45, 2.75) is 19.4 Å². The van der Waals surface area contributed by atoms with Crippen molar-refractivity contribution in [2.24, 2.45) is 5.92 Å². The highest BCUT2D eigenvalue weighted by molar-refractivity contribution is 5.81. The molecule has 2 aromatic heterocycles. The zero-order chi connectivity index (χ0) is 11.7. The Morgan fingerprint density at radius 3 is 3.29 bits per heavy atom. The fraction of sp³-hybridized carbons (Fsp3) is 0.462. The van der Waals surface area contributed by atoms with Crippen LogP contribution in [0.5, 0.6) is 5.88 Å². The van der Waals surface area contributed by atoms with Gasteiger partial charge in [0, 0.05) is 12.7 Å². The van der Waals surface area contributed by atoms with Crippen LogP contribution in [0.25, 0.3) is 11.0 Å². The van der Waals surface area contributed by atoms with Gasteiger partial charge in [0.05, 0.1) is 11.6 Å². The SMILES string of the molecule is CC1CCNCC1Oc1nccc2occc12. The number of rotatable bonds is 2. The van der Waals surface area contributed by atoms with Gasteiger partial charge >= 0.3 is 0 Å². The van der Waals surface area contributed by atoms with E-state index in [0.29, 0.717) is 11.8 Å². The second kappa shape index (κ2) is 4.37. The van der Waals surface area contributed by atoms with Gasteiger partial charge in [0.1, 0.15) is 11.7 Å². The summed E-state index contributed by atoms with van der Waals surface area (Å²) in [5, 5.41) is 4.30. The molecular formula is C13H16N2O2. The summed E-state index contributed by atoms with van der Waals surface area (Å²) in [6, 6.07) is 3.75. The molecule has 0 bridgehead atoms. The van der Waals surface area contributed by atoms with Gasteiger partial charge < -0.3 is 14.5 Å². The van der Waals surface area contributed by atoms with Crippen LogP contribution in [0.1, 0.15) is 13.3 Å². The molecule has 1 fully saturated rings. The zero-order valence-corrected chi connectivity index (χ0v) is 9.85. The van der Waals surface area contributed by atoms with Gasteiger partial charge in [-0.1, -0.05) is 6.92 Å². The molecule has 2 atom stereocenters. The maximum Gasteiger partial charge on any atom is 0.224 e. The van der Waals surface area contributed by atoms with E-state index in [2.05, 4.69) is 17.2 Å². The topological polar surface area (TPSA) is 47.3 Å². The van der Waals surface area contributed by atoms with Crippen molar-refractivity contribution in [1.29, 1.82) is 0 Å². The number of hydrogen-bond donors (Lipinski definition) is 1. The number of nitrogens with one attached hydrogen (secondary N) is 1. The van der Waals surface area contributed by atoms with Gasteiger partial charge in [-0.15, -0.1) is 0 Å². The van der Waals surface area contributed by atoms with E-state index in [1.807, 2.05) is 12.1 Å². The lowest BCUT2D eigenvalue weighted by atomic mass is 9.97. The molecule has 0 saturated carbocycles. The van der Waals surface area contributed by atoms with Crippen LogP contribution in [0.3, 0.4) is 0 Å². The highest BCUT2D eigenvalue weighted by atomic mass is 16.5. The third kappa shape index (κ3) is 2.00. The van der Waals surface area contributed by atoms with Crippen molar-refractivity contribution < 1.29 is 9.15 Å². The summed E-state index contributed by atoms with van der Waals surface area (Å²) >= 11 is 0. The summed E-state index contributed by atoms with van der Waals surface area (Å²) in [7, 11) is 0. The number of hydrogen-bond acceptors (Lipinski definition) is 4. The lowest BCUT2D eigenvalue weighted by molar-refractivity contribution is 0.111. The first kappa shape index (κ1) is 10.6. The first-order valence-electron chi connectivity index (χ1n) is 6.04. The summed E-state index contributed by atoms with van der Waals surface area (Å²) in [6.45, 7) is 4.18. The second-order valence-corrected chi connectivity index (χ2v) is 4.57. The third-order valence-electron chi connectivity index (χ3n) is 3.36. The number of pyridine rings is 1. The van der Waals surface area contributed by atoms with E-state index in [9.17, 15) is 0 Å². The van der Waals surface area contributed by atoms with Crippen LogP contribution in [0.15, 0.2) is 29.0 Å². The first-order valence-corrected chi connectivity index (χ1v) is 6.04. The molecule has 17 heavy (non-hydrogen) atoms. The van der Waals surface area contributed by atoms with E-state index in [4.69, 9.17) is 9.15 Å². The van der Waals surface area contributed by atoms with E-state index in [1.54, 1.807) is 12.5 Å². The number of fused-ring (bicyclic) bond motifs is 1. The fourth-order valence-corrected chi connectivity index (χ4v) is 2.23. The van der Waals surface area contributed by atoms with Crippen molar-refractivity contribution in [3.8, 4) is 5.88 Å². The summed E-state index contributed by atoms with van der Waals surface area (Å²) in [6.07, 6.45) is 4.73. The van der Waals surface area contributed by atoms with Crippen LogP contribution < -0.4 is 10.1 Å². The Balaban J connectivity index is 1.86.